The van der Waals surface area contributed by atoms with Crippen molar-refractivity contribution < 1.29 is 14.3 Å². The third-order valence-corrected chi connectivity index (χ3v) is 6.83. The van der Waals surface area contributed by atoms with Crippen molar-refractivity contribution in [2.45, 2.75) is 44.9 Å². The summed E-state index contributed by atoms with van der Waals surface area (Å²) in [5.74, 6) is -0.551. The van der Waals surface area contributed by atoms with E-state index in [0.717, 1.165) is 31.5 Å². The van der Waals surface area contributed by atoms with Gasteiger partial charge in [0.05, 0.1) is 24.5 Å². The smallest absolute Gasteiger partial charge is 0.230 e. The SMILES string of the molecule is Cc1ccc(CN2C[C@]34C=C[C@H](O3)[C@H](C(=O)N3CCCC3)[C@@H]4C2=O)cc1C. The van der Waals surface area contributed by atoms with E-state index in [1.165, 1.54) is 11.1 Å². The summed E-state index contributed by atoms with van der Waals surface area (Å²) in [6.45, 7) is 6.93. The van der Waals surface area contributed by atoms with Crippen molar-refractivity contribution in [2.75, 3.05) is 19.6 Å². The summed E-state index contributed by atoms with van der Waals surface area (Å²) >= 11 is 0. The van der Waals surface area contributed by atoms with Gasteiger partial charge in [-0.1, -0.05) is 30.4 Å². The number of aryl methyl sites for hydroxylation is 2. The van der Waals surface area contributed by atoms with E-state index in [4.69, 9.17) is 4.74 Å². The fourth-order valence-corrected chi connectivity index (χ4v) is 5.26. The van der Waals surface area contributed by atoms with Gasteiger partial charge in [-0.05, 0) is 43.4 Å². The molecular formula is C22H26N2O3. The van der Waals surface area contributed by atoms with Crippen molar-refractivity contribution in [1.82, 2.24) is 9.80 Å². The maximum atomic E-state index is 13.3. The standard InChI is InChI=1S/C22H26N2O3/c1-14-5-6-16(11-15(14)2)12-24-13-22-8-7-17(27-22)18(19(22)21(24)26)20(25)23-9-3-4-10-23/h5-8,11,17-19H,3-4,9-10,12-13H2,1-2H3/t17-,18-,19+,22-/m0/s1. The van der Waals surface area contributed by atoms with Crippen molar-refractivity contribution in [3.63, 3.8) is 0 Å². The molecule has 1 aromatic rings. The Morgan fingerprint density at radius 1 is 1.22 bits per heavy atom. The number of likely N-dealkylation sites (tertiary alicyclic amines) is 2. The summed E-state index contributed by atoms with van der Waals surface area (Å²) in [4.78, 5) is 30.2. The Morgan fingerprint density at radius 2 is 2.00 bits per heavy atom. The summed E-state index contributed by atoms with van der Waals surface area (Å²) in [6.07, 6.45) is 5.91. The molecule has 0 saturated carbocycles. The van der Waals surface area contributed by atoms with Gasteiger partial charge in [0, 0.05) is 19.6 Å². The lowest BCUT2D eigenvalue weighted by Crippen LogP contribution is -2.45. The lowest BCUT2D eigenvalue weighted by molar-refractivity contribution is -0.142. The average molecular weight is 366 g/mol. The van der Waals surface area contributed by atoms with Crippen LogP contribution in [0.1, 0.15) is 29.5 Å². The van der Waals surface area contributed by atoms with E-state index >= 15 is 0 Å². The fraction of sp³-hybridized carbons (Fsp3) is 0.545. The van der Waals surface area contributed by atoms with Gasteiger partial charge >= 0.3 is 0 Å². The maximum absolute atomic E-state index is 13.3. The highest BCUT2D eigenvalue weighted by atomic mass is 16.5. The average Bonchev–Trinajstić information content (AvgIpc) is 3.40. The molecule has 0 aromatic heterocycles. The molecular weight excluding hydrogens is 340 g/mol. The van der Waals surface area contributed by atoms with E-state index in [1.807, 2.05) is 22.0 Å². The van der Waals surface area contributed by atoms with Crippen LogP contribution in [0.3, 0.4) is 0 Å². The molecule has 5 rings (SSSR count). The van der Waals surface area contributed by atoms with Crippen LogP contribution in [-0.2, 0) is 20.9 Å². The first-order valence-electron chi connectivity index (χ1n) is 9.99. The second-order valence-electron chi connectivity index (χ2n) is 8.55. The van der Waals surface area contributed by atoms with Crippen LogP contribution in [0.15, 0.2) is 30.4 Å². The second kappa shape index (κ2) is 5.93. The molecule has 1 spiro atoms. The quantitative estimate of drug-likeness (QED) is 0.771. The normalized spacial score (nSPS) is 34.0. The van der Waals surface area contributed by atoms with E-state index in [2.05, 4.69) is 32.0 Å². The topological polar surface area (TPSA) is 49.9 Å². The molecule has 2 bridgehead atoms. The summed E-state index contributed by atoms with van der Waals surface area (Å²) in [5, 5.41) is 0. The van der Waals surface area contributed by atoms with Crippen LogP contribution >= 0.6 is 0 Å². The fourth-order valence-electron chi connectivity index (χ4n) is 5.26. The molecule has 1 aromatic carbocycles. The number of benzene rings is 1. The molecule has 3 fully saturated rings. The van der Waals surface area contributed by atoms with E-state index in [9.17, 15) is 9.59 Å². The summed E-state index contributed by atoms with van der Waals surface area (Å²) < 4.78 is 6.24. The number of nitrogens with zero attached hydrogens (tertiary/aromatic N) is 2. The van der Waals surface area contributed by atoms with Gasteiger partial charge in [-0.15, -0.1) is 0 Å². The van der Waals surface area contributed by atoms with Crippen LogP contribution in [0.2, 0.25) is 0 Å². The Hall–Kier alpha value is -2.14. The number of rotatable bonds is 3. The van der Waals surface area contributed by atoms with Crippen molar-refractivity contribution >= 4 is 11.8 Å². The molecule has 142 valence electrons. The Labute approximate surface area is 160 Å². The van der Waals surface area contributed by atoms with Gasteiger partial charge in [0.15, 0.2) is 0 Å². The number of hydrogen-bond acceptors (Lipinski definition) is 3. The van der Waals surface area contributed by atoms with Crippen LogP contribution in [-0.4, -0.2) is 53.0 Å². The monoisotopic (exact) mass is 366 g/mol. The molecule has 0 N–H and O–H groups in total. The van der Waals surface area contributed by atoms with Gasteiger partial charge < -0.3 is 14.5 Å². The predicted molar refractivity (Wildman–Crippen MR) is 101 cm³/mol. The molecule has 4 aliphatic heterocycles. The third-order valence-electron chi connectivity index (χ3n) is 6.83. The molecule has 4 atom stereocenters. The number of fused-ring (bicyclic) bond motifs is 1. The first kappa shape index (κ1) is 17.0. The summed E-state index contributed by atoms with van der Waals surface area (Å²) in [5.41, 5.74) is 3.00. The molecule has 4 aliphatic rings. The van der Waals surface area contributed by atoms with Crippen molar-refractivity contribution in [3.8, 4) is 0 Å². The highest BCUT2D eigenvalue weighted by Crippen LogP contribution is 2.52. The lowest BCUT2D eigenvalue weighted by atomic mass is 9.76. The van der Waals surface area contributed by atoms with Crippen LogP contribution in [0.4, 0.5) is 0 Å². The van der Waals surface area contributed by atoms with E-state index in [0.29, 0.717) is 13.1 Å². The number of carbonyl (C=O) groups is 2. The summed E-state index contributed by atoms with van der Waals surface area (Å²) in [6, 6.07) is 6.34. The van der Waals surface area contributed by atoms with Gasteiger partial charge in [0.2, 0.25) is 11.8 Å². The number of carbonyl (C=O) groups excluding carboxylic acids is 2. The molecule has 5 nitrogen and oxygen atoms in total. The maximum Gasteiger partial charge on any atom is 0.230 e. The van der Waals surface area contributed by atoms with E-state index in [-0.39, 0.29) is 29.8 Å². The van der Waals surface area contributed by atoms with E-state index in [1.54, 1.807) is 0 Å². The van der Waals surface area contributed by atoms with Gasteiger partial charge in [-0.3, -0.25) is 9.59 Å². The minimum atomic E-state index is -0.610. The van der Waals surface area contributed by atoms with Crippen molar-refractivity contribution in [1.29, 1.82) is 0 Å². The zero-order chi connectivity index (χ0) is 18.8. The minimum absolute atomic E-state index is 0.0672. The van der Waals surface area contributed by atoms with Gasteiger partial charge in [0.1, 0.15) is 5.60 Å². The van der Waals surface area contributed by atoms with Crippen LogP contribution in [0.5, 0.6) is 0 Å². The predicted octanol–water partition coefficient (Wildman–Crippen LogP) is 2.21. The lowest BCUT2D eigenvalue weighted by Gasteiger charge is -2.27. The molecule has 0 unspecified atom stereocenters. The van der Waals surface area contributed by atoms with E-state index < -0.39 is 5.60 Å². The number of hydrogen-bond donors (Lipinski definition) is 0. The molecule has 2 amide bonds. The Morgan fingerprint density at radius 3 is 2.74 bits per heavy atom. The second-order valence-corrected chi connectivity index (χ2v) is 8.55. The molecule has 4 heterocycles. The zero-order valence-corrected chi connectivity index (χ0v) is 16.0. The summed E-state index contributed by atoms with van der Waals surface area (Å²) in [7, 11) is 0. The number of amides is 2. The van der Waals surface area contributed by atoms with Gasteiger partial charge in [-0.2, -0.15) is 0 Å². The Kier molecular flexibility index (Phi) is 3.73. The van der Waals surface area contributed by atoms with Crippen LogP contribution < -0.4 is 0 Å². The largest absolute Gasteiger partial charge is 0.360 e. The van der Waals surface area contributed by atoms with Gasteiger partial charge in [-0.25, -0.2) is 0 Å². The van der Waals surface area contributed by atoms with Crippen molar-refractivity contribution in [3.05, 3.63) is 47.0 Å². The minimum Gasteiger partial charge on any atom is -0.360 e. The van der Waals surface area contributed by atoms with Crippen molar-refractivity contribution in [2.24, 2.45) is 11.8 Å². The highest BCUT2D eigenvalue weighted by Gasteiger charge is 2.67. The Balaban J connectivity index is 1.40. The first-order valence-corrected chi connectivity index (χ1v) is 9.99. The zero-order valence-electron chi connectivity index (χ0n) is 16.0. The molecule has 27 heavy (non-hydrogen) atoms. The van der Waals surface area contributed by atoms with Gasteiger partial charge in [0.25, 0.3) is 0 Å². The molecule has 0 aliphatic carbocycles. The van der Waals surface area contributed by atoms with Crippen LogP contribution in [0, 0.1) is 25.7 Å². The third kappa shape index (κ3) is 2.48. The molecule has 5 heteroatoms. The van der Waals surface area contributed by atoms with Crippen LogP contribution in [0.25, 0.3) is 0 Å². The highest BCUT2D eigenvalue weighted by molar-refractivity contribution is 5.93. The first-order chi connectivity index (χ1) is 13.0. The molecule has 0 radical (unpaired) electrons. The molecule has 3 saturated heterocycles. The Bertz CT molecular complexity index is 842. The number of ether oxygens (including phenoxy) is 1.